The Morgan fingerprint density at radius 1 is 1.30 bits per heavy atom. The van der Waals surface area contributed by atoms with Gasteiger partial charge in [0, 0.05) is 24.2 Å². The first-order chi connectivity index (χ1) is 10.3. The van der Waals surface area contributed by atoms with Crippen molar-refractivity contribution in [3.05, 3.63) is 28.3 Å². The van der Waals surface area contributed by atoms with Gasteiger partial charge in [-0.3, -0.25) is 10.1 Å². The minimum Gasteiger partial charge on any atom is -0.490 e. The Hall–Kier alpha value is -1.42. The summed E-state index contributed by atoms with van der Waals surface area (Å²) in [6.07, 6.45) is 2.92. The number of halogens is 1. The van der Waals surface area contributed by atoms with E-state index in [2.05, 4.69) is 4.72 Å². The van der Waals surface area contributed by atoms with Crippen molar-refractivity contribution < 1.29 is 18.1 Å². The van der Waals surface area contributed by atoms with Gasteiger partial charge < -0.3 is 10.5 Å². The molecule has 23 heavy (non-hydrogen) atoms. The summed E-state index contributed by atoms with van der Waals surface area (Å²) in [6, 6.07) is 3.46. The summed E-state index contributed by atoms with van der Waals surface area (Å²) >= 11 is 0. The van der Waals surface area contributed by atoms with E-state index >= 15 is 0 Å². The highest BCUT2D eigenvalue weighted by molar-refractivity contribution is 7.89. The van der Waals surface area contributed by atoms with Gasteiger partial charge in [0.15, 0.2) is 5.75 Å². The van der Waals surface area contributed by atoms with Crippen LogP contribution in [0.25, 0.3) is 0 Å². The quantitative estimate of drug-likeness (QED) is 0.602. The van der Waals surface area contributed by atoms with Crippen LogP contribution < -0.4 is 15.2 Å². The summed E-state index contributed by atoms with van der Waals surface area (Å²) in [5.41, 5.74) is 5.52. The Balaban J connectivity index is 0.00000264. The van der Waals surface area contributed by atoms with Gasteiger partial charge in [-0.25, -0.2) is 13.1 Å². The first kappa shape index (κ1) is 19.6. The highest BCUT2D eigenvalue weighted by Gasteiger charge is 2.26. The molecule has 0 radical (unpaired) electrons. The van der Waals surface area contributed by atoms with Crippen molar-refractivity contribution in [1.29, 1.82) is 0 Å². The molecule has 1 aliphatic rings. The Bertz CT molecular complexity index is 660. The van der Waals surface area contributed by atoms with Crippen LogP contribution in [-0.2, 0) is 10.0 Å². The fourth-order valence-electron chi connectivity index (χ4n) is 2.50. The zero-order valence-corrected chi connectivity index (χ0v) is 14.2. The van der Waals surface area contributed by atoms with Gasteiger partial charge in [-0.15, -0.1) is 12.4 Å². The van der Waals surface area contributed by atoms with Gasteiger partial charge in [-0.2, -0.15) is 0 Å². The third-order valence-corrected chi connectivity index (χ3v) is 5.27. The van der Waals surface area contributed by atoms with E-state index in [1.807, 2.05) is 0 Å². The summed E-state index contributed by atoms with van der Waals surface area (Å²) < 4.78 is 32.2. The van der Waals surface area contributed by atoms with Crippen LogP contribution in [-0.4, -0.2) is 32.5 Å². The maximum Gasteiger partial charge on any atom is 0.310 e. The molecule has 1 aromatic rings. The van der Waals surface area contributed by atoms with Crippen molar-refractivity contribution in [1.82, 2.24) is 4.72 Å². The second-order valence-electron chi connectivity index (χ2n) is 5.32. The number of nitro groups is 1. The van der Waals surface area contributed by atoms with Crippen LogP contribution in [0.1, 0.15) is 25.7 Å². The highest BCUT2D eigenvalue weighted by Crippen LogP contribution is 2.29. The summed E-state index contributed by atoms with van der Waals surface area (Å²) in [6.45, 7) is 0. The highest BCUT2D eigenvalue weighted by atomic mass is 35.5. The molecule has 1 aliphatic carbocycles. The van der Waals surface area contributed by atoms with Gasteiger partial charge in [0.2, 0.25) is 10.0 Å². The topological polar surface area (TPSA) is 125 Å². The number of hydrogen-bond acceptors (Lipinski definition) is 6. The van der Waals surface area contributed by atoms with Gasteiger partial charge >= 0.3 is 5.69 Å². The molecule has 0 heterocycles. The molecular formula is C13H20ClN3O5S. The molecule has 10 heteroatoms. The summed E-state index contributed by atoms with van der Waals surface area (Å²) in [7, 11) is -2.49. The Labute approximate surface area is 141 Å². The third kappa shape index (κ3) is 4.77. The number of nitrogens with one attached hydrogen (secondary N) is 1. The fourth-order valence-corrected chi connectivity index (χ4v) is 3.82. The maximum atomic E-state index is 12.4. The number of sulfonamides is 1. The molecule has 1 saturated carbocycles. The van der Waals surface area contributed by atoms with Crippen LogP contribution >= 0.6 is 12.4 Å². The van der Waals surface area contributed by atoms with E-state index in [0.717, 1.165) is 25.0 Å². The molecule has 0 spiro atoms. The van der Waals surface area contributed by atoms with E-state index < -0.39 is 14.9 Å². The summed E-state index contributed by atoms with van der Waals surface area (Å²) in [5.74, 6) is -0.0847. The molecule has 8 nitrogen and oxygen atoms in total. The predicted molar refractivity (Wildman–Crippen MR) is 87.4 cm³/mol. The molecule has 3 N–H and O–H groups in total. The fraction of sp³-hybridized carbons (Fsp3) is 0.538. The number of nitrogens with two attached hydrogens (primary N) is 1. The molecule has 0 atom stereocenters. The van der Waals surface area contributed by atoms with E-state index in [-0.39, 0.29) is 40.8 Å². The van der Waals surface area contributed by atoms with Crippen LogP contribution in [0.2, 0.25) is 0 Å². The van der Waals surface area contributed by atoms with E-state index in [9.17, 15) is 18.5 Å². The zero-order chi connectivity index (χ0) is 16.3. The van der Waals surface area contributed by atoms with Crippen molar-refractivity contribution in [3.63, 3.8) is 0 Å². The van der Waals surface area contributed by atoms with Gasteiger partial charge in [-0.05, 0) is 31.7 Å². The normalized spacial score (nSPS) is 21.3. The molecule has 0 amide bonds. The second-order valence-corrected chi connectivity index (χ2v) is 7.04. The van der Waals surface area contributed by atoms with Crippen LogP contribution in [0.3, 0.4) is 0 Å². The molecule has 1 aromatic carbocycles. The van der Waals surface area contributed by atoms with E-state index in [4.69, 9.17) is 10.5 Å². The minimum absolute atomic E-state index is 0. The first-order valence-corrected chi connectivity index (χ1v) is 8.42. The zero-order valence-electron chi connectivity index (χ0n) is 12.6. The molecule has 0 saturated heterocycles. The van der Waals surface area contributed by atoms with E-state index in [1.54, 1.807) is 0 Å². The smallest absolute Gasteiger partial charge is 0.310 e. The molecular weight excluding hydrogens is 346 g/mol. The van der Waals surface area contributed by atoms with Gasteiger partial charge in [0.1, 0.15) is 0 Å². The molecule has 0 bridgehead atoms. The van der Waals surface area contributed by atoms with Crippen LogP contribution in [0, 0.1) is 10.1 Å². The average molecular weight is 366 g/mol. The lowest BCUT2D eigenvalue weighted by Gasteiger charge is -2.26. The number of nitro benzene ring substituents is 1. The van der Waals surface area contributed by atoms with Gasteiger partial charge in [0.25, 0.3) is 0 Å². The third-order valence-electron chi connectivity index (χ3n) is 3.75. The molecule has 0 aromatic heterocycles. The number of methoxy groups -OCH3 is 1. The molecule has 0 unspecified atom stereocenters. The van der Waals surface area contributed by atoms with Gasteiger partial charge in [-0.1, -0.05) is 0 Å². The van der Waals surface area contributed by atoms with Gasteiger partial charge in [0.05, 0.1) is 16.9 Å². The Morgan fingerprint density at radius 3 is 2.43 bits per heavy atom. The molecule has 1 fully saturated rings. The number of benzene rings is 1. The van der Waals surface area contributed by atoms with Crippen molar-refractivity contribution in [2.75, 3.05) is 7.11 Å². The van der Waals surface area contributed by atoms with Crippen molar-refractivity contribution in [3.8, 4) is 5.75 Å². The van der Waals surface area contributed by atoms with Crippen molar-refractivity contribution in [2.45, 2.75) is 42.7 Å². The first-order valence-electron chi connectivity index (χ1n) is 6.94. The lowest BCUT2D eigenvalue weighted by atomic mass is 9.93. The van der Waals surface area contributed by atoms with Crippen LogP contribution in [0.15, 0.2) is 23.1 Å². The Morgan fingerprint density at radius 2 is 1.91 bits per heavy atom. The lowest BCUT2D eigenvalue weighted by Crippen LogP contribution is -2.40. The monoisotopic (exact) mass is 365 g/mol. The number of rotatable bonds is 5. The number of hydrogen-bond donors (Lipinski definition) is 2. The molecule has 130 valence electrons. The molecule has 0 aliphatic heterocycles. The average Bonchev–Trinajstić information content (AvgIpc) is 2.48. The van der Waals surface area contributed by atoms with E-state index in [1.165, 1.54) is 13.2 Å². The summed E-state index contributed by atoms with van der Waals surface area (Å²) in [5, 5.41) is 10.8. The second kappa shape index (κ2) is 7.91. The number of ether oxygens (including phenoxy) is 1. The molecule has 2 rings (SSSR count). The van der Waals surface area contributed by atoms with Crippen LogP contribution in [0.5, 0.6) is 5.75 Å². The van der Waals surface area contributed by atoms with Crippen LogP contribution in [0.4, 0.5) is 5.69 Å². The standard InChI is InChI=1S/C13H19N3O5S.ClH/c1-21-13-8-11(6-7-12(13)16(17)18)22(19,20)15-10-4-2-9(14)3-5-10;/h6-10,15H,2-5,14H2,1H3;1H. The minimum atomic E-state index is -3.75. The maximum absolute atomic E-state index is 12.4. The summed E-state index contributed by atoms with van der Waals surface area (Å²) in [4.78, 5) is 10.2. The Kier molecular flexibility index (Phi) is 6.75. The van der Waals surface area contributed by atoms with Crippen molar-refractivity contribution >= 4 is 28.1 Å². The van der Waals surface area contributed by atoms with Crippen molar-refractivity contribution in [2.24, 2.45) is 5.73 Å². The predicted octanol–water partition coefficient (Wildman–Crippen LogP) is 1.57. The van der Waals surface area contributed by atoms with E-state index in [0.29, 0.717) is 12.8 Å². The SMILES string of the molecule is COc1cc(S(=O)(=O)NC2CCC(N)CC2)ccc1[N+](=O)[O-].Cl. The lowest BCUT2D eigenvalue weighted by molar-refractivity contribution is -0.385. The largest absolute Gasteiger partial charge is 0.490 e. The number of nitrogens with zero attached hydrogens (tertiary/aromatic N) is 1.